The highest BCUT2D eigenvalue weighted by atomic mass is 32.1. The number of alkyl halides is 6. The minimum atomic E-state index is -4.75. The molecular formula is C40H51F6N11O5S. The lowest BCUT2D eigenvalue weighted by atomic mass is 9.91. The molecule has 3 aromatic rings. The Hall–Kier alpha value is -5.44. The van der Waals surface area contributed by atoms with Crippen molar-refractivity contribution in [2.75, 3.05) is 61.0 Å². The molecule has 1 aliphatic carbocycles. The van der Waals surface area contributed by atoms with E-state index in [1.165, 1.54) is 15.7 Å². The maximum atomic E-state index is 13.7. The Labute approximate surface area is 366 Å². The third-order valence-electron chi connectivity index (χ3n) is 11.6. The minimum Gasteiger partial charge on any atom is -0.396 e. The highest BCUT2D eigenvalue weighted by Crippen LogP contribution is 2.40. The number of para-hydroxylation sites is 1. The molecule has 3 saturated heterocycles. The first-order chi connectivity index (χ1) is 29.7. The van der Waals surface area contributed by atoms with Crippen molar-refractivity contribution in [2.24, 2.45) is 7.05 Å². The number of imide groups is 1. The predicted octanol–water partition coefficient (Wildman–Crippen LogP) is 5.40. The van der Waals surface area contributed by atoms with Gasteiger partial charge < -0.3 is 20.2 Å². The van der Waals surface area contributed by atoms with Crippen LogP contribution in [0.5, 0.6) is 0 Å². The van der Waals surface area contributed by atoms with Gasteiger partial charge >= 0.3 is 18.4 Å². The van der Waals surface area contributed by atoms with Gasteiger partial charge in [0.1, 0.15) is 17.6 Å². The minimum absolute atomic E-state index is 0. The number of aliphatic hydroxyl groups excluding tert-OH is 1. The van der Waals surface area contributed by atoms with Crippen molar-refractivity contribution < 1.29 is 53.5 Å². The summed E-state index contributed by atoms with van der Waals surface area (Å²) in [6.07, 6.45) is -2.68. The normalized spacial score (nSPS) is 20.5. The summed E-state index contributed by atoms with van der Waals surface area (Å²) in [5.74, 6) is -1.07. The average Bonchev–Trinajstić information content (AvgIpc) is 3.65. The van der Waals surface area contributed by atoms with E-state index >= 15 is 0 Å². The summed E-state index contributed by atoms with van der Waals surface area (Å²) in [5, 5.41) is 27.9. The number of hydrogen-bond donors (Lipinski definition) is 3. The van der Waals surface area contributed by atoms with E-state index in [1.807, 2.05) is 4.90 Å². The van der Waals surface area contributed by atoms with Gasteiger partial charge in [0.25, 0.3) is 5.91 Å². The van der Waals surface area contributed by atoms with Crippen molar-refractivity contribution in [3.05, 3.63) is 41.7 Å². The number of nitrogens with zero attached hydrogens (tertiary/aromatic N) is 9. The largest absolute Gasteiger partial charge is 0.419 e. The van der Waals surface area contributed by atoms with Crippen LogP contribution >= 0.6 is 12.2 Å². The van der Waals surface area contributed by atoms with E-state index in [0.717, 1.165) is 54.2 Å². The van der Waals surface area contributed by atoms with Gasteiger partial charge in [0, 0.05) is 67.1 Å². The van der Waals surface area contributed by atoms with Crippen LogP contribution in [-0.4, -0.2) is 133 Å². The third kappa shape index (κ3) is 10.0. The molecule has 4 fully saturated rings. The first kappa shape index (κ1) is 47.0. The Morgan fingerprint density at radius 3 is 2.44 bits per heavy atom. The number of piperazine rings is 1. The van der Waals surface area contributed by atoms with Crippen LogP contribution in [0.25, 0.3) is 10.9 Å². The number of urea groups is 1. The number of aryl methyl sites for hydroxylation is 1. The van der Waals surface area contributed by atoms with Gasteiger partial charge in [-0.05, 0) is 63.5 Å². The summed E-state index contributed by atoms with van der Waals surface area (Å²) in [7, 11) is 1.62. The number of rotatable bonds is 9. The van der Waals surface area contributed by atoms with E-state index in [0.29, 0.717) is 41.9 Å². The first-order valence-electron chi connectivity index (χ1n) is 20.3. The quantitative estimate of drug-likeness (QED) is 0.184. The topological polar surface area (TPSA) is 183 Å². The summed E-state index contributed by atoms with van der Waals surface area (Å²) in [5.41, 5.74) is -2.09. The third-order valence-corrected chi connectivity index (χ3v) is 11.9. The second-order valence-corrected chi connectivity index (χ2v) is 16.6. The molecule has 4 aliphatic rings. The van der Waals surface area contributed by atoms with Gasteiger partial charge in [0.15, 0.2) is 16.6 Å². The van der Waals surface area contributed by atoms with E-state index in [2.05, 4.69) is 20.7 Å². The van der Waals surface area contributed by atoms with Crippen molar-refractivity contribution in [2.45, 2.75) is 88.8 Å². The molecule has 16 nitrogen and oxygen atoms in total. The number of aromatic nitrogens is 3. The number of carbonyl (C=O) groups is 4. The lowest BCUT2D eigenvalue weighted by molar-refractivity contribution is -0.197. The van der Waals surface area contributed by atoms with Crippen molar-refractivity contribution in [1.29, 1.82) is 5.26 Å². The molecule has 1 saturated carbocycles. The van der Waals surface area contributed by atoms with Gasteiger partial charge in [0.2, 0.25) is 11.8 Å². The fourth-order valence-corrected chi connectivity index (χ4v) is 9.07. The summed E-state index contributed by atoms with van der Waals surface area (Å²) in [6.45, 7) is 3.59. The van der Waals surface area contributed by atoms with E-state index in [-0.39, 0.29) is 58.3 Å². The molecule has 344 valence electrons. The summed E-state index contributed by atoms with van der Waals surface area (Å²) < 4.78 is 82.5. The number of pyridine rings is 1. The van der Waals surface area contributed by atoms with E-state index in [4.69, 9.17) is 22.6 Å². The Kier molecular flexibility index (Phi) is 14.0. The maximum absolute atomic E-state index is 13.7. The van der Waals surface area contributed by atoms with Gasteiger partial charge in [0.05, 0.1) is 35.2 Å². The number of nitrogens with one attached hydrogen (secondary N) is 2. The maximum Gasteiger partial charge on any atom is 0.419 e. The van der Waals surface area contributed by atoms with Gasteiger partial charge in [-0.15, -0.1) is 0 Å². The second-order valence-electron chi connectivity index (χ2n) is 16.2. The van der Waals surface area contributed by atoms with Crippen LogP contribution < -0.4 is 20.4 Å². The molecule has 5 amide bonds. The van der Waals surface area contributed by atoms with Crippen molar-refractivity contribution in [1.82, 2.24) is 34.8 Å². The summed E-state index contributed by atoms with van der Waals surface area (Å²) in [4.78, 5) is 60.3. The zero-order chi connectivity index (χ0) is 46.0. The zero-order valence-corrected chi connectivity index (χ0v) is 35.5. The smallest absolute Gasteiger partial charge is 0.396 e. The van der Waals surface area contributed by atoms with Gasteiger partial charge in [-0.1, -0.05) is 25.3 Å². The number of fused-ring (bicyclic) bond motifs is 1. The highest BCUT2D eigenvalue weighted by molar-refractivity contribution is 7.80. The van der Waals surface area contributed by atoms with E-state index in [1.54, 1.807) is 44.0 Å². The first-order valence-corrected chi connectivity index (χ1v) is 20.7. The van der Waals surface area contributed by atoms with Gasteiger partial charge in [-0.3, -0.25) is 39.1 Å². The van der Waals surface area contributed by atoms with Crippen molar-refractivity contribution in [3.8, 4) is 6.07 Å². The van der Waals surface area contributed by atoms with Crippen LogP contribution in [0, 0.1) is 11.3 Å². The molecular weight excluding hydrogens is 861 g/mol. The molecule has 0 radical (unpaired) electrons. The molecule has 7 rings (SSSR count). The van der Waals surface area contributed by atoms with Crippen LogP contribution in [0.15, 0.2) is 30.5 Å². The average molecular weight is 912 g/mol. The molecule has 2 aromatic heterocycles. The second kappa shape index (κ2) is 18.7. The number of anilines is 3. The number of nitriles is 1. The fourth-order valence-electron chi connectivity index (χ4n) is 8.50. The summed E-state index contributed by atoms with van der Waals surface area (Å²) >= 11 is 5.51. The number of benzene rings is 1. The molecule has 23 heteroatoms. The van der Waals surface area contributed by atoms with Crippen LogP contribution in [0.3, 0.4) is 0 Å². The molecule has 3 N–H and O–H groups in total. The Bertz CT molecular complexity index is 2300. The predicted molar refractivity (Wildman–Crippen MR) is 225 cm³/mol. The lowest BCUT2D eigenvalue weighted by Crippen LogP contribution is -2.60. The van der Waals surface area contributed by atoms with Crippen molar-refractivity contribution in [3.63, 3.8) is 0 Å². The molecule has 0 unspecified atom stereocenters. The molecule has 0 bridgehead atoms. The molecule has 3 aliphatic heterocycles. The van der Waals surface area contributed by atoms with Crippen LogP contribution in [0.2, 0.25) is 0 Å². The highest BCUT2D eigenvalue weighted by Gasteiger charge is 2.52. The molecule has 5 heterocycles. The Morgan fingerprint density at radius 2 is 1.81 bits per heavy atom. The molecule has 1 aromatic carbocycles. The van der Waals surface area contributed by atoms with Gasteiger partial charge in [-0.2, -0.15) is 36.7 Å². The monoisotopic (exact) mass is 911 g/mol. The number of halogens is 6. The molecule has 0 spiro atoms. The van der Waals surface area contributed by atoms with Crippen molar-refractivity contribution >= 4 is 69.2 Å². The lowest BCUT2D eigenvalue weighted by Gasteiger charge is -2.41. The van der Waals surface area contributed by atoms with Gasteiger partial charge in [-0.25, -0.2) is 9.78 Å². The van der Waals surface area contributed by atoms with Crippen LogP contribution in [-0.2, 0) is 27.6 Å². The van der Waals surface area contributed by atoms with Crippen LogP contribution in [0.1, 0.15) is 72.9 Å². The molecule has 1 atom stereocenters. The number of carbonyl (C=O) groups excluding carboxylic acids is 4. The summed E-state index contributed by atoms with van der Waals surface area (Å²) in [6, 6.07) is 4.87. The number of amides is 5. The Morgan fingerprint density at radius 1 is 1.10 bits per heavy atom. The SMILES string of the molecule is CC1(C)C(=O)N(c2cnc(C#N)c(C(F)(F)F)c2)C(=S)N1C1CCCCC1.Cn1nc(N2CCC(=O)NC2=O)c2cccc(NC(=O)CN3CCN(CCCO)C[C@@H]3C(F)(F)F)c21.[HH].[HH]. The molecule has 63 heavy (non-hydrogen) atoms. The fraction of sp³-hybridized carbons (Fsp3) is 0.550. The number of aliphatic hydroxyl groups is 1. The number of thiocarbonyl (C=S) groups is 1. The Balaban J connectivity index is 0.000000287. The number of hydrogen-bond acceptors (Lipinski definition) is 11. The standard InChI is InChI=1S/C22H28F3N7O4.C18H19F3N4OS.2H2/c1-29-19-14(20(28-29)32-8-6-17(34)27-21(32)36)4-2-5-15(19)26-18(35)13-31-10-9-30(7-3-11-33)12-16(31)22(23,24)25;1-17(2)15(26)24(16(27)25(17)11-6-4-3-5-7-11)12-8-13(18(19,20)21)14(9-22)23-10-12;;/h2,4-5,16,33H,3,6-13H2,1H3,(H,26,35)(H,27,34,36);8,10-11H,3-7H2,1-2H3;2*1H/t16-;;;/m1.../s1. The zero-order valence-electron chi connectivity index (χ0n) is 34.7. The van der Waals surface area contributed by atoms with Crippen LogP contribution in [0.4, 0.5) is 48.3 Å². The van der Waals surface area contributed by atoms with E-state index < -0.39 is 59.6 Å². The van der Waals surface area contributed by atoms with E-state index in [9.17, 15) is 45.5 Å².